The van der Waals surface area contributed by atoms with E-state index in [1.54, 1.807) is 6.07 Å². The van der Waals surface area contributed by atoms with E-state index in [1.807, 2.05) is 0 Å². The van der Waals surface area contributed by atoms with E-state index < -0.39 is 9.84 Å². The van der Waals surface area contributed by atoms with Crippen LogP contribution in [0.15, 0.2) is 17.2 Å². The fraction of sp³-hybridized carbons (Fsp3) is 0.375. The summed E-state index contributed by atoms with van der Waals surface area (Å²) >= 11 is 0. The maximum atomic E-state index is 11.3. The Hall–Kier alpha value is -1.10. The molecule has 1 aliphatic rings. The second-order valence-corrected chi connectivity index (χ2v) is 5.07. The molecule has 0 bridgehead atoms. The summed E-state index contributed by atoms with van der Waals surface area (Å²) in [4.78, 5) is 4.46. The zero-order chi connectivity index (χ0) is 9.47. The lowest BCUT2D eigenvalue weighted by Gasteiger charge is -2.03. The number of rotatable bonds is 1. The molecule has 0 saturated carbocycles. The van der Waals surface area contributed by atoms with Gasteiger partial charge in [0.15, 0.2) is 9.84 Å². The van der Waals surface area contributed by atoms with Gasteiger partial charge in [0.25, 0.3) is 0 Å². The molecule has 4 nitrogen and oxygen atoms in total. The quantitative estimate of drug-likeness (QED) is 0.712. The lowest BCUT2D eigenvalue weighted by Crippen LogP contribution is -2.01. The molecule has 0 spiro atoms. The first-order chi connectivity index (χ1) is 6.09. The molecule has 5 heteroatoms. The Bertz CT molecular complexity index is 439. The lowest BCUT2D eigenvalue weighted by molar-refractivity contribution is 0.601. The molecule has 2 rings (SSSR count). The average molecular weight is 198 g/mol. The van der Waals surface area contributed by atoms with E-state index in [9.17, 15) is 8.42 Å². The van der Waals surface area contributed by atoms with E-state index >= 15 is 0 Å². The van der Waals surface area contributed by atoms with Crippen molar-refractivity contribution in [3.63, 3.8) is 0 Å². The Morgan fingerprint density at radius 1 is 1.54 bits per heavy atom. The molecule has 0 aliphatic carbocycles. The summed E-state index contributed by atoms with van der Waals surface area (Å²) in [6.45, 7) is 0.773. The Balaban J connectivity index is 2.67. The maximum Gasteiger partial charge on any atom is 0.175 e. The number of fused-ring (bicyclic) bond motifs is 1. The zero-order valence-corrected chi connectivity index (χ0v) is 8.06. The van der Waals surface area contributed by atoms with Gasteiger partial charge in [0.2, 0.25) is 0 Å². The van der Waals surface area contributed by atoms with Crippen LogP contribution in [0, 0.1) is 0 Å². The number of anilines is 1. The zero-order valence-electron chi connectivity index (χ0n) is 7.24. The molecule has 2 heterocycles. The molecule has 70 valence electrons. The first-order valence-electron chi connectivity index (χ1n) is 4.01. The molecule has 1 aliphatic heterocycles. The number of pyridine rings is 1. The van der Waals surface area contributed by atoms with E-state index in [0.717, 1.165) is 18.5 Å². The highest BCUT2D eigenvalue weighted by Gasteiger charge is 2.20. The van der Waals surface area contributed by atoms with Crippen LogP contribution in [-0.2, 0) is 16.3 Å². The molecule has 0 atom stereocenters. The smallest absolute Gasteiger partial charge is 0.175 e. The minimum Gasteiger partial charge on any atom is -0.369 e. The third kappa shape index (κ3) is 1.39. The molecule has 0 aromatic carbocycles. The van der Waals surface area contributed by atoms with E-state index in [-0.39, 0.29) is 0 Å². The summed E-state index contributed by atoms with van der Waals surface area (Å²) < 4.78 is 22.7. The van der Waals surface area contributed by atoms with Crippen molar-refractivity contribution in [3.05, 3.63) is 17.8 Å². The van der Waals surface area contributed by atoms with Crippen molar-refractivity contribution in [2.45, 2.75) is 11.3 Å². The van der Waals surface area contributed by atoms with Crippen molar-refractivity contribution < 1.29 is 8.42 Å². The first-order valence-corrected chi connectivity index (χ1v) is 5.90. The largest absolute Gasteiger partial charge is 0.369 e. The van der Waals surface area contributed by atoms with E-state index in [1.165, 1.54) is 12.5 Å². The molecular weight excluding hydrogens is 188 g/mol. The molecule has 0 radical (unpaired) electrons. The van der Waals surface area contributed by atoms with Gasteiger partial charge in [-0.15, -0.1) is 0 Å². The second kappa shape index (κ2) is 2.70. The third-order valence-corrected chi connectivity index (χ3v) is 3.26. The van der Waals surface area contributed by atoms with E-state index in [2.05, 4.69) is 10.3 Å². The Kier molecular flexibility index (Phi) is 1.76. The van der Waals surface area contributed by atoms with Crippen LogP contribution in [0.25, 0.3) is 0 Å². The Morgan fingerprint density at radius 3 is 3.00 bits per heavy atom. The van der Waals surface area contributed by atoms with Gasteiger partial charge in [0, 0.05) is 24.6 Å². The molecule has 1 aromatic heterocycles. The van der Waals surface area contributed by atoms with Crippen LogP contribution in [0.5, 0.6) is 0 Å². The molecule has 13 heavy (non-hydrogen) atoms. The van der Waals surface area contributed by atoms with Gasteiger partial charge in [-0.05, 0) is 12.5 Å². The molecule has 0 saturated heterocycles. The summed E-state index contributed by atoms with van der Waals surface area (Å²) in [5.74, 6) is 0.711. The van der Waals surface area contributed by atoms with Crippen LogP contribution in [0.3, 0.4) is 0 Å². The molecule has 0 fully saturated rings. The molecular formula is C8H10N2O2S. The van der Waals surface area contributed by atoms with Crippen molar-refractivity contribution in [2.75, 3.05) is 18.1 Å². The van der Waals surface area contributed by atoms with Crippen LogP contribution in [0.2, 0.25) is 0 Å². The Labute approximate surface area is 76.9 Å². The van der Waals surface area contributed by atoms with Crippen LogP contribution in [0.4, 0.5) is 5.82 Å². The highest BCUT2D eigenvalue weighted by Crippen LogP contribution is 2.25. The number of hydrogen-bond donors (Lipinski definition) is 1. The molecule has 1 N–H and O–H groups in total. The number of nitrogens with one attached hydrogen (secondary N) is 1. The number of hydrogen-bond acceptors (Lipinski definition) is 4. The van der Waals surface area contributed by atoms with Crippen LogP contribution in [-0.4, -0.2) is 26.2 Å². The number of sulfone groups is 1. The molecule has 1 aromatic rings. The maximum absolute atomic E-state index is 11.3. The van der Waals surface area contributed by atoms with Crippen LogP contribution in [0.1, 0.15) is 5.56 Å². The van der Waals surface area contributed by atoms with Crippen molar-refractivity contribution in [1.29, 1.82) is 0 Å². The second-order valence-electron chi connectivity index (χ2n) is 3.09. The van der Waals surface area contributed by atoms with Gasteiger partial charge in [0.05, 0.1) is 4.90 Å². The SMILES string of the molecule is CS(=O)(=O)c1ccnc2c1CCN2. The summed E-state index contributed by atoms with van der Waals surface area (Å²) in [5, 5.41) is 3.04. The molecule has 0 unspecified atom stereocenters. The highest BCUT2D eigenvalue weighted by atomic mass is 32.2. The Morgan fingerprint density at radius 2 is 2.31 bits per heavy atom. The van der Waals surface area contributed by atoms with Gasteiger partial charge in [-0.3, -0.25) is 0 Å². The topological polar surface area (TPSA) is 59.1 Å². The van der Waals surface area contributed by atoms with Crippen molar-refractivity contribution in [2.24, 2.45) is 0 Å². The standard InChI is InChI=1S/C8H10N2O2S/c1-13(11,12)7-3-5-10-8-6(7)2-4-9-8/h3,5H,2,4H2,1H3,(H,9,10). The first kappa shape index (κ1) is 8.50. The van der Waals surface area contributed by atoms with Gasteiger partial charge in [-0.2, -0.15) is 0 Å². The van der Waals surface area contributed by atoms with Crippen molar-refractivity contribution in [3.8, 4) is 0 Å². The predicted octanol–water partition coefficient (Wildman–Crippen LogP) is 0.453. The normalized spacial score (nSPS) is 15.2. The summed E-state index contributed by atoms with van der Waals surface area (Å²) in [7, 11) is -3.11. The third-order valence-electron chi connectivity index (χ3n) is 2.08. The van der Waals surface area contributed by atoms with Crippen LogP contribution >= 0.6 is 0 Å². The minimum absolute atomic E-state index is 0.405. The molecule has 0 amide bonds. The summed E-state index contributed by atoms with van der Waals surface area (Å²) in [5.41, 5.74) is 0.824. The van der Waals surface area contributed by atoms with Gasteiger partial charge >= 0.3 is 0 Å². The number of nitrogens with zero attached hydrogens (tertiary/aromatic N) is 1. The predicted molar refractivity (Wildman–Crippen MR) is 49.5 cm³/mol. The lowest BCUT2D eigenvalue weighted by atomic mass is 10.2. The fourth-order valence-corrected chi connectivity index (χ4v) is 2.48. The van der Waals surface area contributed by atoms with Gasteiger partial charge in [-0.25, -0.2) is 13.4 Å². The summed E-state index contributed by atoms with van der Waals surface area (Å²) in [6.07, 6.45) is 3.49. The van der Waals surface area contributed by atoms with E-state index in [0.29, 0.717) is 10.7 Å². The number of aromatic nitrogens is 1. The van der Waals surface area contributed by atoms with Crippen molar-refractivity contribution >= 4 is 15.7 Å². The average Bonchev–Trinajstić information content (AvgIpc) is 2.48. The van der Waals surface area contributed by atoms with Gasteiger partial charge in [0.1, 0.15) is 5.82 Å². The van der Waals surface area contributed by atoms with Crippen LogP contribution < -0.4 is 5.32 Å². The highest BCUT2D eigenvalue weighted by molar-refractivity contribution is 7.90. The van der Waals surface area contributed by atoms with Crippen molar-refractivity contribution in [1.82, 2.24) is 4.98 Å². The van der Waals surface area contributed by atoms with Gasteiger partial charge < -0.3 is 5.32 Å². The monoisotopic (exact) mass is 198 g/mol. The minimum atomic E-state index is -3.11. The van der Waals surface area contributed by atoms with E-state index in [4.69, 9.17) is 0 Å². The van der Waals surface area contributed by atoms with Gasteiger partial charge in [-0.1, -0.05) is 0 Å². The summed E-state index contributed by atoms with van der Waals surface area (Å²) in [6, 6.07) is 1.56. The fourth-order valence-electron chi connectivity index (χ4n) is 1.52.